The molecule has 2 atom stereocenters. The average molecular weight is 474 g/mol. The van der Waals surface area contributed by atoms with Gasteiger partial charge in [0, 0.05) is 42.8 Å². The minimum absolute atomic E-state index is 0.305. The van der Waals surface area contributed by atoms with Crippen LogP contribution in [0.4, 0.5) is 5.95 Å². The first-order chi connectivity index (χ1) is 16.4. The highest BCUT2D eigenvalue weighted by atomic mass is 35.5. The first kappa shape index (κ1) is 22.6. The number of hydrogen-bond acceptors (Lipinski definition) is 6. The van der Waals surface area contributed by atoms with Crippen LogP contribution >= 0.6 is 11.6 Å². The summed E-state index contributed by atoms with van der Waals surface area (Å²) >= 11 is 6.24. The van der Waals surface area contributed by atoms with Gasteiger partial charge in [0.25, 0.3) is 0 Å². The second kappa shape index (κ2) is 9.25. The summed E-state index contributed by atoms with van der Waals surface area (Å²) in [7, 11) is 0. The fourth-order valence-corrected chi connectivity index (χ4v) is 5.18. The van der Waals surface area contributed by atoms with Gasteiger partial charge < -0.3 is 15.0 Å². The molecule has 2 unspecified atom stereocenters. The maximum absolute atomic E-state index is 9.29. The summed E-state index contributed by atoms with van der Waals surface area (Å²) < 4.78 is 6.03. The molecule has 0 bridgehead atoms. The van der Waals surface area contributed by atoms with Crippen LogP contribution in [0.25, 0.3) is 0 Å². The Labute approximate surface area is 205 Å². The van der Waals surface area contributed by atoms with Gasteiger partial charge in [-0.2, -0.15) is 5.26 Å². The van der Waals surface area contributed by atoms with Crippen LogP contribution < -0.4 is 15.0 Å². The van der Waals surface area contributed by atoms with E-state index in [2.05, 4.69) is 47.3 Å². The number of anilines is 1. The van der Waals surface area contributed by atoms with Gasteiger partial charge in [0.15, 0.2) is 0 Å². The van der Waals surface area contributed by atoms with E-state index in [9.17, 15) is 5.26 Å². The van der Waals surface area contributed by atoms with Gasteiger partial charge in [0.05, 0.1) is 17.3 Å². The Hall–Kier alpha value is -3.14. The first-order valence-corrected chi connectivity index (χ1v) is 12.0. The van der Waals surface area contributed by atoms with Gasteiger partial charge in [-0.25, -0.2) is 9.97 Å². The molecule has 2 fully saturated rings. The molecule has 0 spiro atoms. The molecule has 2 aliphatic rings. The third-order valence-corrected chi connectivity index (χ3v) is 7.30. The highest BCUT2D eigenvalue weighted by Gasteiger charge is 2.37. The van der Waals surface area contributed by atoms with Crippen molar-refractivity contribution in [3.63, 3.8) is 0 Å². The Morgan fingerprint density at radius 2 is 1.82 bits per heavy atom. The van der Waals surface area contributed by atoms with Gasteiger partial charge in [0.1, 0.15) is 12.4 Å². The predicted molar refractivity (Wildman–Crippen MR) is 133 cm³/mol. The lowest BCUT2D eigenvalue weighted by Crippen LogP contribution is -2.27. The summed E-state index contributed by atoms with van der Waals surface area (Å²) in [4.78, 5) is 11.5. The highest BCUT2D eigenvalue weighted by molar-refractivity contribution is 6.30. The molecule has 5 rings (SSSR count). The van der Waals surface area contributed by atoms with Crippen molar-refractivity contribution >= 4 is 17.5 Å². The van der Waals surface area contributed by atoms with E-state index in [0.29, 0.717) is 29.0 Å². The van der Waals surface area contributed by atoms with Crippen molar-refractivity contribution in [1.82, 2.24) is 15.3 Å². The van der Waals surface area contributed by atoms with Crippen LogP contribution in [0.5, 0.6) is 5.75 Å². The molecule has 34 heavy (non-hydrogen) atoms. The van der Waals surface area contributed by atoms with Crippen LogP contribution in [-0.4, -0.2) is 36.1 Å². The van der Waals surface area contributed by atoms with Crippen molar-refractivity contribution in [2.24, 2.45) is 11.8 Å². The molecule has 3 heterocycles. The fourth-order valence-electron chi connectivity index (χ4n) is 4.94. The van der Waals surface area contributed by atoms with Gasteiger partial charge in [-0.05, 0) is 59.4 Å². The van der Waals surface area contributed by atoms with Gasteiger partial charge in [-0.3, -0.25) is 0 Å². The molecule has 174 valence electrons. The number of benzene rings is 2. The van der Waals surface area contributed by atoms with Crippen molar-refractivity contribution in [3.05, 3.63) is 82.1 Å². The number of ether oxygens (including phenoxy) is 1. The summed E-state index contributed by atoms with van der Waals surface area (Å²) in [6.07, 6.45) is 1.82. The second-order valence-corrected chi connectivity index (χ2v) is 10.1. The molecular weight excluding hydrogens is 446 g/mol. The smallest absolute Gasteiger partial charge is 0.225 e. The van der Waals surface area contributed by atoms with Gasteiger partial charge in [-0.15, -0.1) is 0 Å². The predicted octanol–water partition coefficient (Wildman–Crippen LogP) is 4.56. The van der Waals surface area contributed by atoms with Crippen LogP contribution in [-0.2, 0) is 12.0 Å². The number of rotatable bonds is 6. The maximum Gasteiger partial charge on any atom is 0.225 e. The highest BCUT2D eigenvalue weighted by Crippen LogP contribution is 2.34. The van der Waals surface area contributed by atoms with E-state index in [1.165, 1.54) is 0 Å². The molecule has 0 amide bonds. The zero-order valence-corrected chi connectivity index (χ0v) is 20.2. The van der Waals surface area contributed by atoms with Crippen molar-refractivity contribution < 1.29 is 4.74 Å². The van der Waals surface area contributed by atoms with Crippen LogP contribution in [0.15, 0.2) is 54.7 Å². The van der Waals surface area contributed by atoms with E-state index in [1.807, 2.05) is 36.5 Å². The lowest BCUT2D eigenvalue weighted by molar-refractivity contribution is 0.301. The summed E-state index contributed by atoms with van der Waals surface area (Å²) in [6.45, 7) is 8.85. The van der Waals surface area contributed by atoms with Crippen molar-refractivity contribution in [2.75, 3.05) is 31.1 Å². The molecule has 2 saturated heterocycles. The van der Waals surface area contributed by atoms with Gasteiger partial charge in [-0.1, -0.05) is 37.6 Å². The number of nitrogens with zero attached hydrogens (tertiary/aromatic N) is 4. The summed E-state index contributed by atoms with van der Waals surface area (Å²) in [5.41, 5.74) is 3.24. The Kier molecular flexibility index (Phi) is 6.16. The molecule has 0 radical (unpaired) electrons. The lowest BCUT2D eigenvalue weighted by atomic mass is 9.78. The largest absolute Gasteiger partial charge is 0.487 e. The first-order valence-electron chi connectivity index (χ1n) is 11.6. The van der Waals surface area contributed by atoms with Gasteiger partial charge >= 0.3 is 0 Å². The quantitative estimate of drug-likeness (QED) is 0.565. The number of nitrogens with one attached hydrogen (secondary N) is 1. The number of hydrogen-bond donors (Lipinski definition) is 1. The molecule has 1 aromatic heterocycles. The minimum Gasteiger partial charge on any atom is -0.487 e. The van der Waals surface area contributed by atoms with E-state index in [1.54, 1.807) is 6.07 Å². The monoisotopic (exact) mass is 473 g/mol. The molecule has 6 nitrogen and oxygen atoms in total. The van der Waals surface area contributed by atoms with E-state index < -0.39 is 0 Å². The number of aromatic nitrogens is 2. The Morgan fingerprint density at radius 1 is 1.09 bits per heavy atom. The fraction of sp³-hybridized carbons (Fsp3) is 0.370. The topological polar surface area (TPSA) is 74.1 Å². The second-order valence-electron chi connectivity index (χ2n) is 9.71. The molecule has 0 saturated carbocycles. The number of halogens is 1. The molecule has 7 heteroatoms. The third-order valence-electron chi connectivity index (χ3n) is 7.08. The zero-order chi connectivity index (χ0) is 23.7. The normalized spacial score (nSPS) is 19.6. The number of nitriles is 1. The lowest BCUT2D eigenvalue weighted by Gasteiger charge is -2.26. The Balaban J connectivity index is 1.25. The Bertz CT molecular complexity index is 1210. The molecule has 0 aliphatic carbocycles. The van der Waals surface area contributed by atoms with Crippen molar-refractivity contribution in [3.8, 4) is 11.8 Å². The van der Waals surface area contributed by atoms with E-state index in [0.717, 1.165) is 54.7 Å². The van der Waals surface area contributed by atoms with E-state index in [-0.39, 0.29) is 5.41 Å². The van der Waals surface area contributed by atoms with E-state index >= 15 is 0 Å². The maximum atomic E-state index is 9.29. The summed E-state index contributed by atoms with van der Waals surface area (Å²) in [5, 5.41) is 13.3. The number of fused-ring (bicyclic) bond motifs is 1. The molecule has 2 aromatic carbocycles. The van der Waals surface area contributed by atoms with Crippen LogP contribution in [0, 0.1) is 23.2 Å². The molecule has 3 aromatic rings. The summed E-state index contributed by atoms with van der Waals surface area (Å²) in [6, 6.07) is 17.7. The average Bonchev–Trinajstić information content (AvgIpc) is 3.45. The minimum atomic E-state index is -0.305. The third kappa shape index (κ3) is 4.59. The van der Waals surface area contributed by atoms with Crippen molar-refractivity contribution in [1.29, 1.82) is 5.26 Å². The standard InChI is InChI=1S/C27H28ClN5O/c1-27(2,22-9-18(12-29)10-23(28)11-22)21-3-5-25(6-4-21)34-17-24-7-8-31-26(32-24)33-15-19-13-30-14-20(19)16-33/h3-11,19-20,30H,13-17H2,1-2H3. The molecule has 1 N–H and O–H groups in total. The van der Waals surface area contributed by atoms with E-state index in [4.69, 9.17) is 21.3 Å². The molecule has 2 aliphatic heterocycles. The zero-order valence-electron chi connectivity index (χ0n) is 19.5. The van der Waals surface area contributed by atoms with Gasteiger partial charge in [0.2, 0.25) is 5.95 Å². The Morgan fingerprint density at radius 3 is 2.53 bits per heavy atom. The SMILES string of the molecule is CC(C)(c1ccc(OCc2ccnc(N3CC4CNCC4C3)n2)cc1)c1cc(Cl)cc(C#N)c1. The molecular formula is C27H28ClN5O. The van der Waals surface area contributed by atoms with Crippen LogP contribution in [0.1, 0.15) is 36.2 Å². The van der Waals surface area contributed by atoms with Crippen molar-refractivity contribution in [2.45, 2.75) is 25.9 Å². The van der Waals surface area contributed by atoms with Crippen LogP contribution in [0.3, 0.4) is 0 Å². The summed E-state index contributed by atoms with van der Waals surface area (Å²) in [5.74, 6) is 2.98. The van der Waals surface area contributed by atoms with Crippen LogP contribution in [0.2, 0.25) is 5.02 Å².